The summed E-state index contributed by atoms with van der Waals surface area (Å²) in [5.41, 5.74) is 2.49. The minimum Gasteiger partial charge on any atom is -0.394 e. The van der Waals surface area contributed by atoms with Crippen LogP contribution in [-0.2, 0) is 0 Å². The Hall–Kier alpha value is -1.96. The van der Waals surface area contributed by atoms with Crippen molar-refractivity contribution in [2.75, 3.05) is 13.2 Å². The van der Waals surface area contributed by atoms with E-state index in [0.717, 1.165) is 0 Å². The molecular weight excluding hydrogens is 238 g/mol. The molecule has 0 heterocycles. The van der Waals surface area contributed by atoms with Gasteiger partial charge in [-0.1, -0.05) is 6.07 Å². The number of hydrogen-bond acceptors (Lipinski definition) is 5. The van der Waals surface area contributed by atoms with E-state index in [-0.39, 0.29) is 17.7 Å². The second-order valence-electron chi connectivity index (χ2n) is 3.60. The summed E-state index contributed by atoms with van der Waals surface area (Å²) >= 11 is 0. The van der Waals surface area contributed by atoms with Gasteiger partial charge in [0.15, 0.2) is 0 Å². The molecule has 0 radical (unpaired) electrons. The maximum absolute atomic E-state index is 11.7. The molecule has 0 saturated heterocycles. The average molecular weight is 253 g/mol. The Morgan fingerprint density at radius 1 is 1.28 bits per heavy atom. The molecule has 0 fully saturated rings. The molecule has 6 N–H and O–H groups in total. The van der Waals surface area contributed by atoms with Crippen LogP contribution in [0, 0.1) is 0 Å². The summed E-state index contributed by atoms with van der Waals surface area (Å²) in [5, 5.41) is 20.1. The van der Waals surface area contributed by atoms with E-state index in [0.29, 0.717) is 0 Å². The van der Waals surface area contributed by atoms with Crippen molar-refractivity contribution in [3.63, 3.8) is 0 Å². The fraction of sp³-hybridized carbons (Fsp3) is 0.273. The monoisotopic (exact) mass is 253 g/mol. The summed E-state index contributed by atoms with van der Waals surface area (Å²) in [6.07, 6.45) is -1.01. The summed E-state index contributed by atoms with van der Waals surface area (Å²) in [7, 11) is 0. The maximum Gasteiger partial charge on any atom is 0.265 e. The van der Waals surface area contributed by atoms with Crippen LogP contribution in [-0.4, -0.2) is 41.3 Å². The Bertz CT molecular complexity index is 436. The van der Waals surface area contributed by atoms with Crippen LogP contribution in [0.15, 0.2) is 24.3 Å². The Kier molecular flexibility index (Phi) is 5.25. The van der Waals surface area contributed by atoms with Crippen LogP contribution in [0.1, 0.15) is 20.7 Å². The Labute approximate surface area is 104 Å². The van der Waals surface area contributed by atoms with Crippen LogP contribution in [0.5, 0.6) is 0 Å². The highest BCUT2D eigenvalue weighted by atomic mass is 16.3. The zero-order valence-corrected chi connectivity index (χ0v) is 9.59. The number of amides is 2. The molecule has 1 aromatic carbocycles. The zero-order valence-electron chi connectivity index (χ0n) is 9.59. The van der Waals surface area contributed by atoms with Gasteiger partial charge in [-0.15, -0.1) is 0 Å². The smallest absolute Gasteiger partial charge is 0.265 e. The van der Waals surface area contributed by atoms with Gasteiger partial charge in [0.05, 0.1) is 12.7 Å². The lowest BCUT2D eigenvalue weighted by molar-refractivity contribution is 0.0802. The van der Waals surface area contributed by atoms with Crippen molar-refractivity contribution < 1.29 is 19.8 Å². The summed E-state index contributed by atoms with van der Waals surface area (Å²) in [6.45, 7) is -0.501. The van der Waals surface area contributed by atoms with Gasteiger partial charge in [0.25, 0.3) is 11.8 Å². The molecular formula is C11H15N3O4. The lowest BCUT2D eigenvalue weighted by Gasteiger charge is -2.09. The summed E-state index contributed by atoms with van der Waals surface area (Å²) in [6, 6.07) is 5.96. The fourth-order valence-corrected chi connectivity index (χ4v) is 1.26. The molecule has 2 amide bonds. The lowest BCUT2D eigenvalue weighted by Crippen LogP contribution is -2.34. The Balaban J connectivity index is 2.71. The number of carbonyl (C=O) groups excluding carboxylic acids is 2. The van der Waals surface area contributed by atoms with E-state index in [1.165, 1.54) is 18.2 Å². The van der Waals surface area contributed by atoms with Crippen LogP contribution in [0.4, 0.5) is 0 Å². The number of rotatable bonds is 5. The first-order valence-corrected chi connectivity index (χ1v) is 5.26. The first kappa shape index (κ1) is 14.1. The molecule has 1 aromatic rings. The van der Waals surface area contributed by atoms with Crippen molar-refractivity contribution in [2.45, 2.75) is 6.10 Å². The van der Waals surface area contributed by atoms with Crippen molar-refractivity contribution in [3.05, 3.63) is 35.4 Å². The van der Waals surface area contributed by atoms with Gasteiger partial charge >= 0.3 is 0 Å². The normalized spacial score (nSPS) is 11.7. The molecule has 0 aliphatic rings. The number of aliphatic hydroxyl groups excluding tert-OH is 2. The standard InChI is InChI=1S/C11H15N3O4/c12-14-11(18)8-3-1-2-7(4-8)10(17)13-5-9(16)6-15/h1-4,9,15-16H,5-6,12H2,(H,13,17)(H,14,18). The average Bonchev–Trinajstić information content (AvgIpc) is 2.43. The van der Waals surface area contributed by atoms with E-state index in [1.807, 2.05) is 5.43 Å². The predicted octanol–water partition coefficient (Wildman–Crippen LogP) is -1.63. The van der Waals surface area contributed by atoms with Gasteiger partial charge in [-0.3, -0.25) is 15.0 Å². The second-order valence-corrected chi connectivity index (χ2v) is 3.60. The van der Waals surface area contributed by atoms with Gasteiger partial charge in [0.1, 0.15) is 0 Å². The molecule has 0 aromatic heterocycles. The first-order valence-electron chi connectivity index (χ1n) is 5.26. The van der Waals surface area contributed by atoms with Crippen LogP contribution >= 0.6 is 0 Å². The molecule has 98 valence electrons. The van der Waals surface area contributed by atoms with Crippen molar-refractivity contribution in [2.24, 2.45) is 5.84 Å². The Morgan fingerprint density at radius 2 is 1.89 bits per heavy atom. The van der Waals surface area contributed by atoms with E-state index < -0.39 is 24.5 Å². The fourth-order valence-electron chi connectivity index (χ4n) is 1.26. The number of aliphatic hydroxyl groups is 2. The second kappa shape index (κ2) is 6.70. The Morgan fingerprint density at radius 3 is 2.44 bits per heavy atom. The summed E-state index contributed by atoms with van der Waals surface area (Å²) in [4.78, 5) is 22.9. The van der Waals surface area contributed by atoms with E-state index in [1.54, 1.807) is 6.07 Å². The van der Waals surface area contributed by atoms with Gasteiger partial charge in [0, 0.05) is 17.7 Å². The number of benzene rings is 1. The molecule has 1 rings (SSSR count). The number of nitrogens with two attached hydrogens (primary N) is 1. The van der Waals surface area contributed by atoms with Gasteiger partial charge in [-0.2, -0.15) is 0 Å². The van der Waals surface area contributed by atoms with Gasteiger partial charge in [-0.05, 0) is 18.2 Å². The quantitative estimate of drug-likeness (QED) is 0.245. The summed E-state index contributed by atoms with van der Waals surface area (Å²) in [5.74, 6) is 4.04. The van der Waals surface area contributed by atoms with Crippen molar-refractivity contribution in [1.29, 1.82) is 0 Å². The molecule has 0 aliphatic carbocycles. The zero-order chi connectivity index (χ0) is 13.5. The first-order chi connectivity index (χ1) is 8.58. The molecule has 7 nitrogen and oxygen atoms in total. The highest BCUT2D eigenvalue weighted by Crippen LogP contribution is 2.05. The van der Waals surface area contributed by atoms with Gasteiger partial charge in [0.2, 0.25) is 0 Å². The minimum atomic E-state index is -1.01. The number of hydrazine groups is 1. The third-order valence-electron chi connectivity index (χ3n) is 2.23. The van der Waals surface area contributed by atoms with E-state index in [2.05, 4.69) is 5.32 Å². The number of carbonyl (C=O) groups is 2. The molecule has 0 spiro atoms. The number of hydrogen-bond donors (Lipinski definition) is 5. The minimum absolute atomic E-state index is 0.0668. The van der Waals surface area contributed by atoms with Crippen LogP contribution < -0.4 is 16.6 Å². The van der Waals surface area contributed by atoms with Crippen molar-refractivity contribution >= 4 is 11.8 Å². The molecule has 0 bridgehead atoms. The molecule has 18 heavy (non-hydrogen) atoms. The van der Waals surface area contributed by atoms with Gasteiger partial charge in [-0.25, -0.2) is 5.84 Å². The highest BCUT2D eigenvalue weighted by Gasteiger charge is 2.10. The number of nitrogen functional groups attached to an aromatic ring is 1. The van der Waals surface area contributed by atoms with Crippen LogP contribution in [0.25, 0.3) is 0 Å². The lowest BCUT2D eigenvalue weighted by atomic mass is 10.1. The summed E-state index contributed by atoms with van der Waals surface area (Å²) < 4.78 is 0. The maximum atomic E-state index is 11.7. The molecule has 1 unspecified atom stereocenters. The van der Waals surface area contributed by atoms with Crippen molar-refractivity contribution in [3.8, 4) is 0 Å². The third-order valence-corrected chi connectivity index (χ3v) is 2.23. The molecule has 0 saturated carbocycles. The van der Waals surface area contributed by atoms with E-state index in [9.17, 15) is 9.59 Å². The van der Waals surface area contributed by atoms with E-state index >= 15 is 0 Å². The molecule has 7 heteroatoms. The van der Waals surface area contributed by atoms with Crippen molar-refractivity contribution in [1.82, 2.24) is 10.7 Å². The van der Waals surface area contributed by atoms with E-state index in [4.69, 9.17) is 16.1 Å². The topological polar surface area (TPSA) is 125 Å². The van der Waals surface area contributed by atoms with Gasteiger partial charge < -0.3 is 15.5 Å². The SMILES string of the molecule is NNC(=O)c1cccc(C(=O)NCC(O)CO)c1. The largest absolute Gasteiger partial charge is 0.394 e. The van der Waals surface area contributed by atoms with Crippen LogP contribution in [0.3, 0.4) is 0 Å². The highest BCUT2D eigenvalue weighted by molar-refractivity contribution is 5.99. The molecule has 1 atom stereocenters. The predicted molar refractivity (Wildman–Crippen MR) is 63.5 cm³/mol. The number of nitrogens with one attached hydrogen (secondary N) is 2. The molecule has 0 aliphatic heterocycles. The third kappa shape index (κ3) is 3.81. The van der Waals surface area contributed by atoms with Crippen LogP contribution in [0.2, 0.25) is 0 Å².